The van der Waals surface area contributed by atoms with Crippen molar-refractivity contribution in [3.63, 3.8) is 0 Å². The van der Waals surface area contributed by atoms with E-state index in [0.29, 0.717) is 17.8 Å². The van der Waals surface area contributed by atoms with Crippen LogP contribution in [-0.4, -0.2) is 27.1 Å². The van der Waals surface area contributed by atoms with Gasteiger partial charge in [0.05, 0.1) is 6.26 Å². The van der Waals surface area contributed by atoms with Gasteiger partial charge >= 0.3 is 0 Å². The third-order valence-corrected chi connectivity index (χ3v) is 4.52. The third-order valence-electron chi connectivity index (χ3n) is 3.92. The van der Waals surface area contributed by atoms with Crippen LogP contribution in [0.1, 0.15) is 35.3 Å². The smallest absolute Gasteiger partial charge is 0.251 e. The Morgan fingerprint density at radius 1 is 1.08 bits per heavy atom. The third kappa shape index (κ3) is 5.60. The molecule has 0 radical (unpaired) electrons. The van der Waals surface area contributed by atoms with E-state index in [1.807, 2.05) is 19.1 Å². The average molecular weight is 360 g/mol. The lowest BCUT2D eigenvalue weighted by atomic mass is 9.84. The van der Waals surface area contributed by atoms with Crippen LogP contribution in [0.3, 0.4) is 0 Å². The monoisotopic (exact) mass is 360 g/mol. The first-order valence-electron chi connectivity index (χ1n) is 8.00. The molecule has 0 aliphatic rings. The number of carbonyl (C=O) groups is 1. The summed E-state index contributed by atoms with van der Waals surface area (Å²) < 4.78 is 25.0. The molecule has 0 heterocycles. The number of rotatable bonds is 6. The van der Waals surface area contributed by atoms with Crippen molar-refractivity contribution >= 4 is 21.6 Å². The number of sulfonamides is 1. The molecule has 0 atom stereocenters. The Balaban J connectivity index is 2.08. The Morgan fingerprint density at radius 3 is 2.40 bits per heavy atom. The molecule has 5 nitrogen and oxygen atoms in total. The summed E-state index contributed by atoms with van der Waals surface area (Å²) in [6, 6.07) is 14.6. The van der Waals surface area contributed by atoms with E-state index in [9.17, 15) is 13.2 Å². The molecule has 2 aromatic carbocycles. The van der Waals surface area contributed by atoms with Gasteiger partial charge in [-0.1, -0.05) is 49.7 Å². The lowest BCUT2D eigenvalue weighted by Crippen LogP contribution is -2.36. The number of aryl methyl sites for hydroxylation is 1. The first-order valence-corrected chi connectivity index (χ1v) is 9.89. The number of anilines is 1. The summed E-state index contributed by atoms with van der Waals surface area (Å²) in [5.74, 6) is -0.238. The van der Waals surface area contributed by atoms with Crippen LogP contribution >= 0.6 is 0 Å². The van der Waals surface area contributed by atoms with Crippen molar-refractivity contribution in [2.75, 3.05) is 17.5 Å². The maximum absolute atomic E-state index is 12.4. The van der Waals surface area contributed by atoms with E-state index in [1.165, 1.54) is 11.6 Å². The zero-order valence-corrected chi connectivity index (χ0v) is 15.8. The molecule has 0 unspecified atom stereocenters. The number of benzene rings is 2. The molecule has 2 aromatic rings. The topological polar surface area (TPSA) is 75.3 Å². The highest BCUT2D eigenvalue weighted by Gasteiger charge is 2.22. The molecule has 0 fully saturated rings. The molecule has 0 saturated carbocycles. The van der Waals surface area contributed by atoms with Gasteiger partial charge in [-0.3, -0.25) is 9.52 Å². The van der Waals surface area contributed by atoms with Crippen LogP contribution in [0.4, 0.5) is 5.69 Å². The van der Waals surface area contributed by atoms with Gasteiger partial charge in [0.1, 0.15) is 0 Å². The molecular weight excluding hydrogens is 336 g/mol. The molecule has 2 rings (SSSR count). The predicted molar refractivity (Wildman–Crippen MR) is 101 cm³/mol. The highest BCUT2D eigenvalue weighted by Crippen LogP contribution is 2.23. The van der Waals surface area contributed by atoms with Crippen LogP contribution < -0.4 is 10.0 Å². The van der Waals surface area contributed by atoms with Gasteiger partial charge in [0.15, 0.2) is 0 Å². The summed E-state index contributed by atoms with van der Waals surface area (Å²) in [4.78, 5) is 12.4. The molecule has 0 saturated heterocycles. The molecule has 0 aliphatic heterocycles. The Bertz CT molecular complexity index is 874. The standard InChI is InChI=1S/C19H24N2O3S/c1-14-7-5-9-16(11-14)19(2,3)13-20-18(22)15-8-6-10-17(12-15)21-25(4,23)24/h5-12,21H,13H2,1-4H3,(H,20,22). The number of amides is 1. The van der Waals surface area contributed by atoms with Crippen LogP contribution in [0.15, 0.2) is 48.5 Å². The van der Waals surface area contributed by atoms with Crippen molar-refractivity contribution < 1.29 is 13.2 Å². The predicted octanol–water partition coefficient (Wildman–Crippen LogP) is 3.07. The first kappa shape index (κ1) is 19.0. The van der Waals surface area contributed by atoms with Gasteiger partial charge in [0, 0.05) is 23.2 Å². The number of nitrogens with one attached hydrogen (secondary N) is 2. The van der Waals surface area contributed by atoms with E-state index in [1.54, 1.807) is 18.2 Å². The molecule has 0 aromatic heterocycles. The normalized spacial score (nSPS) is 11.8. The van der Waals surface area contributed by atoms with E-state index in [0.717, 1.165) is 11.8 Å². The van der Waals surface area contributed by atoms with Crippen molar-refractivity contribution in [2.45, 2.75) is 26.2 Å². The molecule has 6 heteroatoms. The van der Waals surface area contributed by atoms with Crippen LogP contribution in [-0.2, 0) is 15.4 Å². The lowest BCUT2D eigenvalue weighted by molar-refractivity contribution is 0.0945. The first-order chi connectivity index (χ1) is 11.6. The SMILES string of the molecule is Cc1cccc(C(C)(C)CNC(=O)c2cccc(NS(C)(=O)=O)c2)c1. The minimum Gasteiger partial charge on any atom is -0.351 e. The van der Waals surface area contributed by atoms with E-state index >= 15 is 0 Å². The van der Waals surface area contributed by atoms with Crippen molar-refractivity contribution in [1.29, 1.82) is 0 Å². The van der Waals surface area contributed by atoms with Crippen LogP contribution in [0.2, 0.25) is 0 Å². The van der Waals surface area contributed by atoms with E-state index < -0.39 is 10.0 Å². The van der Waals surface area contributed by atoms with Crippen molar-refractivity contribution in [3.05, 3.63) is 65.2 Å². The Hall–Kier alpha value is -2.34. The average Bonchev–Trinajstić information content (AvgIpc) is 2.51. The zero-order valence-electron chi connectivity index (χ0n) is 15.0. The van der Waals surface area contributed by atoms with Gasteiger partial charge < -0.3 is 5.32 Å². The minimum atomic E-state index is -3.38. The lowest BCUT2D eigenvalue weighted by Gasteiger charge is -2.26. The highest BCUT2D eigenvalue weighted by atomic mass is 32.2. The summed E-state index contributed by atoms with van der Waals surface area (Å²) in [5.41, 5.74) is 2.89. The number of hydrogen-bond donors (Lipinski definition) is 2. The minimum absolute atomic E-state index is 0.218. The molecule has 2 N–H and O–H groups in total. The Kier molecular flexibility index (Phi) is 5.52. The Morgan fingerprint density at radius 2 is 1.76 bits per heavy atom. The van der Waals surface area contributed by atoms with Crippen molar-refractivity contribution in [2.24, 2.45) is 0 Å². The Labute approximate surface area is 149 Å². The highest BCUT2D eigenvalue weighted by molar-refractivity contribution is 7.92. The second-order valence-electron chi connectivity index (χ2n) is 6.89. The van der Waals surface area contributed by atoms with Crippen LogP contribution in [0, 0.1) is 6.92 Å². The number of hydrogen-bond acceptors (Lipinski definition) is 3. The van der Waals surface area contributed by atoms with Crippen molar-refractivity contribution in [1.82, 2.24) is 5.32 Å². The molecule has 134 valence electrons. The summed E-state index contributed by atoms with van der Waals surface area (Å²) >= 11 is 0. The molecule has 0 aliphatic carbocycles. The van der Waals surface area contributed by atoms with Crippen molar-refractivity contribution in [3.8, 4) is 0 Å². The molecule has 0 bridgehead atoms. The second kappa shape index (κ2) is 7.27. The van der Waals surface area contributed by atoms with E-state index in [-0.39, 0.29) is 11.3 Å². The summed E-state index contributed by atoms with van der Waals surface area (Å²) in [5, 5.41) is 2.93. The quantitative estimate of drug-likeness (QED) is 0.831. The van der Waals surface area contributed by atoms with Gasteiger partial charge in [-0.15, -0.1) is 0 Å². The van der Waals surface area contributed by atoms with Gasteiger partial charge in [0.25, 0.3) is 5.91 Å². The van der Waals surface area contributed by atoms with Gasteiger partial charge in [0.2, 0.25) is 10.0 Å². The molecular formula is C19H24N2O3S. The number of carbonyl (C=O) groups excluding carboxylic acids is 1. The summed E-state index contributed by atoms with van der Waals surface area (Å²) in [7, 11) is -3.38. The molecule has 1 amide bonds. The van der Waals surface area contributed by atoms with Crippen LogP contribution in [0.25, 0.3) is 0 Å². The van der Waals surface area contributed by atoms with Gasteiger partial charge in [-0.05, 0) is 30.7 Å². The fraction of sp³-hybridized carbons (Fsp3) is 0.316. The molecule has 0 spiro atoms. The maximum atomic E-state index is 12.4. The zero-order chi connectivity index (χ0) is 18.7. The van der Waals surface area contributed by atoms with E-state index in [4.69, 9.17) is 0 Å². The van der Waals surface area contributed by atoms with Crippen LogP contribution in [0.5, 0.6) is 0 Å². The fourth-order valence-corrected chi connectivity index (χ4v) is 3.06. The maximum Gasteiger partial charge on any atom is 0.251 e. The van der Waals surface area contributed by atoms with Gasteiger partial charge in [-0.2, -0.15) is 0 Å². The second-order valence-corrected chi connectivity index (χ2v) is 8.64. The van der Waals surface area contributed by atoms with Gasteiger partial charge in [-0.25, -0.2) is 8.42 Å². The largest absolute Gasteiger partial charge is 0.351 e. The van der Waals surface area contributed by atoms with E-state index in [2.05, 4.69) is 36.0 Å². The molecule has 25 heavy (non-hydrogen) atoms. The summed E-state index contributed by atoms with van der Waals surface area (Å²) in [6.07, 6.45) is 1.07. The summed E-state index contributed by atoms with van der Waals surface area (Å²) in [6.45, 7) is 6.66. The fourth-order valence-electron chi connectivity index (χ4n) is 2.51.